The molecule has 0 aliphatic rings. The molecule has 2 N–H and O–H groups in total. The number of aryl methyl sites for hydroxylation is 1. The molecule has 4 nitrogen and oxygen atoms in total. The number of aldehydes is 1. The van der Waals surface area contributed by atoms with Crippen LogP contribution in [-0.4, -0.2) is 16.8 Å². The van der Waals surface area contributed by atoms with E-state index < -0.39 is 5.91 Å². The van der Waals surface area contributed by atoms with Crippen LogP contribution >= 0.6 is 0 Å². The summed E-state index contributed by atoms with van der Waals surface area (Å²) in [7, 11) is 0. The summed E-state index contributed by atoms with van der Waals surface area (Å²) in [6.45, 7) is 3.76. The standard InChI is InChI=1S/C9H12N2O2/c1-6-3-8(5-12)7(2)11(6)4-9(10)13/h3,5H,4H2,1-2H3,(H2,10,13). The summed E-state index contributed by atoms with van der Waals surface area (Å²) in [5, 5.41) is 0. The summed E-state index contributed by atoms with van der Waals surface area (Å²) in [5.41, 5.74) is 7.33. The summed E-state index contributed by atoms with van der Waals surface area (Å²) in [6, 6.07) is 1.74. The number of nitrogens with zero attached hydrogens (tertiary/aromatic N) is 1. The number of rotatable bonds is 3. The molecule has 13 heavy (non-hydrogen) atoms. The Morgan fingerprint density at radius 2 is 2.23 bits per heavy atom. The normalized spacial score (nSPS) is 10.0. The van der Waals surface area contributed by atoms with E-state index in [1.165, 1.54) is 0 Å². The highest BCUT2D eigenvalue weighted by molar-refractivity contribution is 5.78. The number of carbonyl (C=O) groups excluding carboxylic acids is 2. The molecule has 70 valence electrons. The lowest BCUT2D eigenvalue weighted by Crippen LogP contribution is -2.20. The highest BCUT2D eigenvalue weighted by Gasteiger charge is 2.09. The lowest BCUT2D eigenvalue weighted by molar-refractivity contribution is -0.118. The Morgan fingerprint density at radius 3 is 2.62 bits per heavy atom. The number of carbonyl (C=O) groups is 2. The van der Waals surface area contributed by atoms with Crippen LogP contribution < -0.4 is 5.73 Å². The number of aromatic nitrogens is 1. The number of nitrogens with two attached hydrogens (primary N) is 1. The molecule has 1 amide bonds. The van der Waals surface area contributed by atoms with Crippen molar-refractivity contribution in [2.75, 3.05) is 0 Å². The van der Waals surface area contributed by atoms with Crippen molar-refractivity contribution >= 4 is 12.2 Å². The van der Waals surface area contributed by atoms with Crippen molar-refractivity contribution in [1.29, 1.82) is 0 Å². The molecule has 0 aliphatic heterocycles. The molecule has 0 spiro atoms. The summed E-state index contributed by atoms with van der Waals surface area (Å²) in [5.74, 6) is -0.403. The van der Waals surface area contributed by atoms with Crippen LogP contribution in [0, 0.1) is 13.8 Å². The van der Waals surface area contributed by atoms with E-state index >= 15 is 0 Å². The van der Waals surface area contributed by atoms with Gasteiger partial charge in [-0.3, -0.25) is 9.59 Å². The highest BCUT2D eigenvalue weighted by atomic mass is 16.1. The third kappa shape index (κ3) is 1.77. The lowest BCUT2D eigenvalue weighted by Gasteiger charge is -2.05. The van der Waals surface area contributed by atoms with E-state index in [1.807, 2.05) is 6.92 Å². The molecule has 0 atom stereocenters. The number of hydrogen-bond acceptors (Lipinski definition) is 2. The van der Waals surface area contributed by atoms with Gasteiger partial charge in [-0.1, -0.05) is 0 Å². The van der Waals surface area contributed by atoms with Crippen LogP contribution in [0.15, 0.2) is 6.07 Å². The zero-order chi connectivity index (χ0) is 10.0. The monoisotopic (exact) mass is 180 g/mol. The zero-order valence-electron chi connectivity index (χ0n) is 7.70. The van der Waals surface area contributed by atoms with E-state index in [4.69, 9.17) is 5.73 Å². The van der Waals surface area contributed by atoms with E-state index in [0.717, 1.165) is 17.7 Å². The maximum atomic E-state index is 10.7. The van der Waals surface area contributed by atoms with Crippen molar-refractivity contribution in [2.45, 2.75) is 20.4 Å². The maximum absolute atomic E-state index is 10.7. The van der Waals surface area contributed by atoms with Crippen molar-refractivity contribution in [1.82, 2.24) is 4.57 Å². The van der Waals surface area contributed by atoms with Crippen LogP contribution in [0.5, 0.6) is 0 Å². The molecule has 0 bridgehead atoms. The molecule has 0 radical (unpaired) electrons. The predicted octanol–water partition coefficient (Wildman–Crippen LogP) is 0.403. The number of hydrogen-bond donors (Lipinski definition) is 1. The smallest absolute Gasteiger partial charge is 0.237 e. The van der Waals surface area contributed by atoms with Gasteiger partial charge < -0.3 is 10.3 Å². The molecule has 1 rings (SSSR count). The van der Waals surface area contributed by atoms with Crippen LogP contribution in [0.1, 0.15) is 21.7 Å². The second kappa shape index (κ2) is 3.43. The molecular weight excluding hydrogens is 168 g/mol. The van der Waals surface area contributed by atoms with Gasteiger partial charge in [0.05, 0.1) is 0 Å². The second-order valence-corrected chi connectivity index (χ2v) is 3.00. The van der Waals surface area contributed by atoms with Gasteiger partial charge in [0.15, 0.2) is 6.29 Å². The molecule has 1 heterocycles. The molecular formula is C9H12N2O2. The van der Waals surface area contributed by atoms with Gasteiger partial charge in [-0.2, -0.15) is 0 Å². The predicted molar refractivity (Wildman–Crippen MR) is 48.5 cm³/mol. The topological polar surface area (TPSA) is 65.1 Å². The Morgan fingerprint density at radius 1 is 1.62 bits per heavy atom. The van der Waals surface area contributed by atoms with Crippen LogP contribution in [0.4, 0.5) is 0 Å². The summed E-state index contributed by atoms with van der Waals surface area (Å²) in [4.78, 5) is 21.2. The van der Waals surface area contributed by atoms with E-state index in [0.29, 0.717) is 5.56 Å². The molecule has 1 aromatic rings. The van der Waals surface area contributed by atoms with Gasteiger partial charge in [0, 0.05) is 17.0 Å². The van der Waals surface area contributed by atoms with Crippen molar-refractivity contribution < 1.29 is 9.59 Å². The first-order valence-electron chi connectivity index (χ1n) is 3.96. The fraction of sp³-hybridized carbons (Fsp3) is 0.333. The summed E-state index contributed by atoms with van der Waals surface area (Å²) < 4.78 is 1.73. The van der Waals surface area contributed by atoms with Gasteiger partial charge in [-0.25, -0.2) is 0 Å². The molecule has 0 aliphatic carbocycles. The molecule has 0 saturated heterocycles. The minimum absolute atomic E-state index is 0.130. The summed E-state index contributed by atoms with van der Waals surface area (Å²) in [6.07, 6.45) is 0.778. The maximum Gasteiger partial charge on any atom is 0.237 e. The second-order valence-electron chi connectivity index (χ2n) is 3.00. The Kier molecular flexibility index (Phi) is 2.51. The first kappa shape index (κ1) is 9.51. The fourth-order valence-electron chi connectivity index (χ4n) is 1.35. The zero-order valence-corrected chi connectivity index (χ0v) is 7.70. The fourth-order valence-corrected chi connectivity index (χ4v) is 1.35. The van der Waals surface area contributed by atoms with E-state index in [9.17, 15) is 9.59 Å². The third-order valence-electron chi connectivity index (χ3n) is 2.05. The first-order chi connectivity index (χ1) is 6.06. The molecule has 0 aromatic carbocycles. The average molecular weight is 180 g/mol. The van der Waals surface area contributed by atoms with Gasteiger partial charge in [-0.15, -0.1) is 0 Å². The van der Waals surface area contributed by atoms with Crippen molar-refractivity contribution in [3.05, 3.63) is 23.0 Å². The van der Waals surface area contributed by atoms with Gasteiger partial charge in [-0.05, 0) is 19.9 Å². The first-order valence-corrected chi connectivity index (χ1v) is 3.96. The Hall–Kier alpha value is -1.58. The number of amides is 1. The van der Waals surface area contributed by atoms with Crippen molar-refractivity contribution in [3.63, 3.8) is 0 Å². The van der Waals surface area contributed by atoms with Gasteiger partial charge in [0.1, 0.15) is 6.54 Å². The molecule has 4 heteroatoms. The highest BCUT2D eigenvalue weighted by Crippen LogP contribution is 2.12. The lowest BCUT2D eigenvalue weighted by atomic mass is 10.3. The van der Waals surface area contributed by atoms with Crippen LogP contribution in [0.2, 0.25) is 0 Å². The quantitative estimate of drug-likeness (QED) is 0.684. The van der Waals surface area contributed by atoms with E-state index in [-0.39, 0.29) is 6.54 Å². The minimum Gasteiger partial charge on any atom is -0.368 e. The van der Waals surface area contributed by atoms with Crippen LogP contribution in [-0.2, 0) is 11.3 Å². The molecule has 1 aromatic heterocycles. The third-order valence-corrected chi connectivity index (χ3v) is 2.05. The number of primary amides is 1. The van der Waals surface area contributed by atoms with Crippen molar-refractivity contribution in [3.8, 4) is 0 Å². The van der Waals surface area contributed by atoms with Gasteiger partial charge in [0.2, 0.25) is 5.91 Å². The SMILES string of the molecule is Cc1cc(C=O)c(C)n1CC(N)=O. The Bertz CT molecular complexity index is 353. The van der Waals surface area contributed by atoms with Crippen LogP contribution in [0.3, 0.4) is 0 Å². The van der Waals surface area contributed by atoms with Crippen LogP contribution in [0.25, 0.3) is 0 Å². The molecule has 0 saturated carbocycles. The molecule has 0 unspecified atom stereocenters. The largest absolute Gasteiger partial charge is 0.368 e. The Labute approximate surface area is 76.3 Å². The van der Waals surface area contributed by atoms with E-state index in [2.05, 4.69) is 0 Å². The Balaban J connectivity index is 3.12. The van der Waals surface area contributed by atoms with Crippen molar-refractivity contribution in [2.24, 2.45) is 5.73 Å². The minimum atomic E-state index is -0.403. The summed E-state index contributed by atoms with van der Waals surface area (Å²) >= 11 is 0. The van der Waals surface area contributed by atoms with Gasteiger partial charge in [0.25, 0.3) is 0 Å². The van der Waals surface area contributed by atoms with E-state index in [1.54, 1.807) is 17.6 Å². The van der Waals surface area contributed by atoms with Gasteiger partial charge >= 0.3 is 0 Å². The molecule has 0 fully saturated rings. The average Bonchev–Trinajstić information content (AvgIpc) is 2.31.